The van der Waals surface area contributed by atoms with Crippen LogP contribution in [0.2, 0.25) is 61.7 Å². The molecule has 1 aliphatic rings. The lowest BCUT2D eigenvalue weighted by atomic mass is 9.89. The molecule has 0 aromatic carbocycles. The fraction of sp³-hybridized carbons (Fsp3) is 0.636. The van der Waals surface area contributed by atoms with Crippen molar-refractivity contribution in [3.63, 3.8) is 0 Å². The summed E-state index contributed by atoms with van der Waals surface area (Å²) < 4.78 is 12.1. The van der Waals surface area contributed by atoms with Gasteiger partial charge in [0, 0.05) is 35.3 Å². The van der Waals surface area contributed by atoms with Crippen LogP contribution in [0.3, 0.4) is 0 Å². The zero-order chi connectivity index (χ0) is 22.4. The Labute approximate surface area is 194 Å². The molecule has 1 heterocycles. The third-order valence-corrected chi connectivity index (χ3v) is 8.77. The Kier molecular flexibility index (Phi) is 9.77. The molecule has 1 aromatic heterocycles. The molecule has 30 heavy (non-hydrogen) atoms. The first-order valence-electron chi connectivity index (χ1n) is 10.7. The molecule has 0 saturated carbocycles. The Balaban J connectivity index is 2.08. The van der Waals surface area contributed by atoms with Crippen molar-refractivity contribution in [2.45, 2.75) is 57.8 Å². The van der Waals surface area contributed by atoms with Crippen molar-refractivity contribution in [2.75, 3.05) is 26.4 Å². The van der Waals surface area contributed by atoms with Gasteiger partial charge in [0.05, 0.1) is 30.1 Å². The quantitative estimate of drug-likeness (QED) is 0.195. The molecule has 1 aromatic rings. The van der Waals surface area contributed by atoms with Gasteiger partial charge < -0.3 is 9.47 Å². The van der Waals surface area contributed by atoms with Crippen molar-refractivity contribution < 1.29 is 9.47 Å². The molecule has 0 amide bonds. The summed E-state index contributed by atoms with van der Waals surface area (Å²) in [7, 11) is -2.19. The van der Waals surface area contributed by atoms with Gasteiger partial charge in [0.25, 0.3) is 0 Å². The van der Waals surface area contributed by atoms with Gasteiger partial charge in [-0.1, -0.05) is 63.0 Å². The third-order valence-electron chi connectivity index (χ3n) is 4.90. The number of aromatic nitrogens is 2. The Morgan fingerprint density at radius 2 is 1.63 bits per heavy atom. The molecule has 0 radical (unpaired) electrons. The monoisotopic (exact) mass is 486 g/mol. The molecular weight excluding hydrogens is 451 g/mol. The van der Waals surface area contributed by atoms with Crippen LogP contribution >= 0.6 is 23.2 Å². The molecule has 1 unspecified atom stereocenters. The fourth-order valence-electron chi connectivity index (χ4n) is 3.07. The summed E-state index contributed by atoms with van der Waals surface area (Å²) in [5.41, 5.74) is 2.88. The summed E-state index contributed by atoms with van der Waals surface area (Å²) in [5.74, 6) is 0.270. The summed E-state index contributed by atoms with van der Waals surface area (Å²) >= 11 is 12.4. The molecule has 0 N–H and O–H groups in total. The summed E-state index contributed by atoms with van der Waals surface area (Å²) in [5, 5.41) is 0.700. The molecule has 168 valence electrons. The van der Waals surface area contributed by atoms with E-state index >= 15 is 0 Å². The van der Waals surface area contributed by atoms with Crippen LogP contribution in [0.5, 0.6) is 0 Å². The van der Waals surface area contributed by atoms with Crippen LogP contribution in [0.15, 0.2) is 23.9 Å². The predicted octanol–water partition coefficient (Wildman–Crippen LogP) is 6.82. The van der Waals surface area contributed by atoms with Crippen LogP contribution < -0.4 is 0 Å². The zero-order valence-corrected chi connectivity index (χ0v) is 22.7. The molecule has 0 saturated heterocycles. The lowest BCUT2D eigenvalue weighted by Crippen LogP contribution is -2.23. The summed E-state index contributed by atoms with van der Waals surface area (Å²) in [6.45, 7) is 17.2. The van der Waals surface area contributed by atoms with E-state index in [0.29, 0.717) is 23.9 Å². The minimum atomic E-state index is -1.10. The first kappa shape index (κ1) is 25.8. The predicted molar refractivity (Wildman–Crippen MR) is 134 cm³/mol. The SMILES string of the molecule is C[Si](C)(C)CCOCC1=CC(c2nc(Cl)ncc2Cl)=CC(COCC[Si](C)(C)C)C1. The molecule has 8 heteroatoms. The van der Waals surface area contributed by atoms with Crippen molar-refractivity contribution in [1.82, 2.24) is 9.97 Å². The van der Waals surface area contributed by atoms with Gasteiger partial charge in [-0.2, -0.15) is 0 Å². The van der Waals surface area contributed by atoms with E-state index in [2.05, 4.69) is 61.4 Å². The minimum Gasteiger partial charge on any atom is -0.381 e. The smallest absolute Gasteiger partial charge is 0.222 e. The van der Waals surface area contributed by atoms with Crippen molar-refractivity contribution in [2.24, 2.45) is 5.92 Å². The molecule has 0 bridgehead atoms. The highest BCUT2D eigenvalue weighted by Gasteiger charge is 2.21. The molecule has 1 atom stereocenters. The number of ether oxygens (including phenoxy) is 2. The van der Waals surface area contributed by atoms with Gasteiger partial charge in [-0.05, 0) is 41.3 Å². The zero-order valence-electron chi connectivity index (χ0n) is 19.2. The third kappa shape index (κ3) is 9.75. The van der Waals surface area contributed by atoms with E-state index in [9.17, 15) is 0 Å². The van der Waals surface area contributed by atoms with E-state index in [1.165, 1.54) is 17.7 Å². The van der Waals surface area contributed by atoms with Crippen LogP contribution in [0.1, 0.15) is 12.1 Å². The van der Waals surface area contributed by atoms with Crippen molar-refractivity contribution >= 4 is 44.9 Å². The van der Waals surface area contributed by atoms with Crippen LogP contribution in [0, 0.1) is 5.92 Å². The van der Waals surface area contributed by atoms with E-state index in [1.54, 1.807) is 6.20 Å². The summed E-state index contributed by atoms with van der Waals surface area (Å²) in [4.78, 5) is 8.33. The standard InChI is InChI=1S/C22H36Cl2N2O2Si2/c1-29(2,3)9-7-27-15-17-11-18(16-28-8-10-30(4,5)6)13-19(12-17)21-20(23)14-25-22(24)26-21/h12-14,17H,7-11,15-16H2,1-6H3. The lowest BCUT2D eigenvalue weighted by molar-refractivity contribution is 0.119. The average Bonchev–Trinajstić information content (AvgIpc) is 2.63. The fourth-order valence-corrected chi connectivity index (χ4v) is 4.92. The number of hydrogen-bond acceptors (Lipinski definition) is 4. The topological polar surface area (TPSA) is 44.2 Å². The van der Waals surface area contributed by atoms with E-state index in [1.807, 2.05) is 0 Å². The van der Waals surface area contributed by atoms with Gasteiger partial charge in [-0.15, -0.1) is 0 Å². The number of allylic oxidation sites excluding steroid dienone is 2. The van der Waals surface area contributed by atoms with Crippen LogP contribution in [0.4, 0.5) is 0 Å². The molecule has 4 nitrogen and oxygen atoms in total. The van der Waals surface area contributed by atoms with Crippen LogP contribution in [-0.2, 0) is 9.47 Å². The van der Waals surface area contributed by atoms with Gasteiger partial charge in [0.1, 0.15) is 0 Å². The van der Waals surface area contributed by atoms with Gasteiger partial charge in [-0.3, -0.25) is 0 Å². The average molecular weight is 488 g/mol. The number of hydrogen-bond donors (Lipinski definition) is 0. The van der Waals surface area contributed by atoms with E-state index in [4.69, 9.17) is 32.7 Å². The van der Waals surface area contributed by atoms with Crippen molar-refractivity contribution in [1.29, 1.82) is 0 Å². The largest absolute Gasteiger partial charge is 0.381 e. The Bertz CT molecular complexity index is 771. The highest BCUT2D eigenvalue weighted by atomic mass is 35.5. The Morgan fingerprint density at radius 1 is 1.00 bits per heavy atom. The molecule has 2 rings (SSSR count). The van der Waals surface area contributed by atoms with Crippen molar-refractivity contribution in [3.8, 4) is 0 Å². The number of nitrogens with zero attached hydrogens (tertiary/aromatic N) is 2. The Morgan fingerprint density at radius 3 is 2.27 bits per heavy atom. The van der Waals surface area contributed by atoms with E-state index in [0.717, 1.165) is 25.2 Å². The highest BCUT2D eigenvalue weighted by molar-refractivity contribution is 6.76. The maximum Gasteiger partial charge on any atom is 0.222 e. The summed E-state index contributed by atoms with van der Waals surface area (Å²) in [6.07, 6.45) is 6.82. The van der Waals surface area contributed by atoms with Gasteiger partial charge in [0.15, 0.2) is 0 Å². The second-order valence-corrected chi connectivity index (χ2v) is 22.5. The second kappa shape index (κ2) is 11.4. The lowest BCUT2D eigenvalue weighted by Gasteiger charge is -2.23. The van der Waals surface area contributed by atoms with Gasteiger partial charge in [0.2, 0.25) is 5.28 Å². The maximum atomic E-state index is 6.37. The first-order valence-corrected chi connectivity index (χ1v) is 18.9. The molecule has 0 fully saturated rings. The van der Waals surface area contributed by atoms with Gasteiger partial charge in [-0.25, -0.2) is 9.97 Å². The maximum absolute atomic E-state index is 6.37. The molecular formula is C22H36Cl2N2O2Si2. The van der Waals surface area contributed by atoms with Crippen LogP contribution in [-0.4, -0.2) is 52.5 Å². The molecule has 1 aliphatic carbocycles. The minimum absolute atomic E-state index is 0.199. The second-order valence-electron chi connectivity index (χ2n) is 10.5. The van der Waals surface area contributed by atoms with Crippen molar-refractivity contribution in [3.05, 3.63) is 39.9 Å². The number of rotatable bonds is 11. The van der Waals surface area contributed by atoms with Gasteiger partial charge >= 0.3 is 0 Å². The summed E-state index contributed by atoms with van der Waals surface area (Å²) in [6, 6.07) is 2.34. The van der Waals surface area contributed by atoms with E-state index in [-0.39, 0.29) is 11.2 Å². The normalized spacial score (nSPS) is 17.7. The first-order chi connectivity index (χ1) is 13.9. The highest BCUT2D eigenvalue weighted by Crippen LogP contribution is 2.32. The Hall–Kier alpha value is -0.506. The molecule has 0 spiro atoms. The van der Waals surface area contributed by atoms with E-state index < -0.39 is 16.1 Å². The molecule has 0 aliphatic heterocycles. The number of halogens is 2. The van der Waals surface area contributed by atoms with Crippen LogP contribution in [0.25, 0.3) is 5.57 Å².